The molecule has 4 unspecified atom stereocenters. The number of ether oxygens (including phenoxy) is 1. The monoisotopic (exact) mass is 638 g/mol. The summed E-state index contributed by atoms with van der Waals surface area (Å²) in [6.45, 7) is 2.36. The molecule has 1 spiro atoms. The van der Waals surface area contributed by atoms with E-state index < -0.39 is 0 Å². The van der Waals surface area contributed by atoms with E-state index in [0.717, 1.165) is 17.1 Å². The van der Waals surface area contributed by atoms with Crippen LogP contribution in [0.15, 0.2) is 176 Å². The predicted octanol–water partition coefficient (Wildman–Crippen LogP) is 12.1. The van der Waals surface area contributed by atoms with Crippen LogP contribution >= 0.6 is 0 Å². The first-order chi connectivity index (χ1) is 24.7. The molecule has 7 aromatic rings. The lowest BCUT2D eigenvalue weighted by Crippen LogP contribution is -2.32. The molecular formula is C49H34O. The summed E-state index contributed by atoms with van der Waals surface area (Å²) in [5.41, 5.74) is 13.6. The van der Waals surface area contributed by atoms with E-state index in [2.05, 4.69) is 183 Å². The summed E-state index contributed by atoms with van der Waals surface area (Å²) in [5.74, 6) is 2.42. The number of allylic oxidation sites excluding steroid dienone is 4. The van der Waals surface area contributed by atoms with Crippen LogP contribution < -0.4 is 4.74 Å². The highest BCUT2D eigenvalue weighted by molar-refractivity contribution is 5.99. The van der Waals surface area contributed by atoms with Crippen LogP contribution in [-0.4, -0.2) is 0 Å². The highest BCUT2D eigenvalue weighted by Gasteiger charge is 2.58. The van der Waals surface area contributed by atoms with Gasteiger partial charge in [0.15, 0.2) is 0 Å². The van der Waals surface area contributed by atoms with Gasteiger partial charge in [-0.05, 0) is 68.3 Å². The first-order valence-corrected chi connectivity index (χ1v) is 17.8. The molecule has 50 heavy (non-hydrogen) atoms. The van der Waals surface area contributed by atoms with Crippen molar-refractivity contribution in [1.29, 1.82) is 0 Å². The Morgan fingerprint density at radius 2 is 1.18 bits per heavy atom. The summed E-state index contributed by atoms with van der Waals surface area (Å²) in [5, 5.41) is 2.67. The van der Waals surface area contributed by atoms with E-state index in [9.17, 15) is 0 Å². The summed E-state index contributed by atoms with van der Waals surface area (Å²) in [6, 6.07) is 56.1. The zero-order valence-electron chi connectivity index (χ0n) is 27.8. The quantitative estimate of drug-likeness (QED) is 0.183. The van der Waals surface area contributed by atoms with Crippen molar-refractivity contribution in [2.75, 3.05) is 0 Å². The standard InChI is InChI=1S/C49H34O/c1-48(32-16-3-2-4-17-32)40-25-11-12-28-44(40)50-47-35(22-14-27-43(47)48)34-21-13-26-41-46(34)37-20-8-10-24-39(37)49(41)38-23-9-7-19-36(38)45-33-18-6-5-15-31(33)29-30-42(45)49/h2-30,36,38H,1H3. The molecule has 1 aliphatic heterocycles. The SMILES string of the molecule is CC1(c2ccccc2)c2ccccc2Oc2c(-c3cccc4c3-c3ccccc3C43c4ccc5ccccc5c4C4C=CC=CC43)cccc21. The minimum Gasteiger partial charge on any atom is -0.456 e. The summed E-state index contributed by atoms with van der Waals surface area (Å²) in [7, 11) is 0. The van der Waals surface area contributed by atoms with Gasteiger partial charge in [-0.2, -0.15) is 0 Å². The molecule has 1 nitrogen and oxygen atoms in total. The van der Waals surface area contributed by atoms with Crippen molar-refractivity contribution >= 4 is 10.8 Å². The second kappa shape index (κ2) is 10.1. The molecule has 4 atom stereocenters. The molecular weight excluding hydrogens is 605 g/mol. The van der Waals surface area contributed by atoms with Gasteiger partial charge in [-0.3, -0.25) is 0 Å². The average molecular weight is 639 g/mol. The van der Waals surface area contributed by atoms with Gasteiger partial charge in [-0.15, -0.1) is 0 Å². The first-order valence-electron chi connectivity index (χ1n) is 17.8. The van der Waals surface area contributed by atoms with Crippen LogP contribution in [0.3, 0.4) is 0 Å². The second-order valence-corrected chi connectivity index (χ2v) is 14.4. The van der Waals surface area contributed by atoms with Gasteiger partial charge in [0.1, 0.15) is 11.5 Å². The first kappa shape index (κ1) is 28.0. The molecule has 0 aromatic heterocycles. The van der Waals surface area contributed by atoms with Crippen LogP contribution in [0.5, 0.6) is 11.5 Å². The molecule has 1 heteroatoms. The summed E-state index contributed by atoms with van der Waals surface area (Å²) >= 11 is 0. The summed E-state index contributed by atoms with van der Waals surface area (Å²) in [6.07, 6.45) is 9.44. The Labute approximate surface area is 292 Å². The molecule has 0 bridgehead atoms. The molecule has 0 radical (unpaired) electrons. The van der Waals surface area contributed by atoms with E-state index in [1.807, 2.05) is 0 Å². The zero-order chi connectivity index (χ0) is 33.0. The average Bonchev–Trinajstić information content (AvgIpc) is 3.66. The predicted molar refractivity (Wildman–Crippen MR) is 204 cm³/mol. The van der Waals surface area contributed by atoms with Gasteiger partial charge in [0.05, 0.1) is 5.41 Å². The van der Waals surface area contributed by atoms with Gasteiger partial charge in [0, 0.05) is 33.9 Å². The molecule has 4 aliphatic rings. The fraction of sp³-hybridized carbons (Fsp3) is 0.102. The Bertz CT molecular complexity index is 2610. The zero-order valence-corrected chi connectivity index (χ0v) is 27.8. The smallest absolute Gasteiger partial charge is 0.139 e. The van der Waals surface area contributed by atoms with Crippen LogP contribution in [0.2, 0.25) is 0 Å². The molecule has 11 rings (SSSR count). The van der Waals surface area contributed by atoms with Crippen LogP contribution in [0.1, 0.15) is 51.8 Å². The van der Waals surface area contributed by atoms with E-state index >= 15 is 0 Å². The van der Waals surface area contributed by atoms with Gasteiger partial charge in [0.25, 0.3) is 0 Å². The Kier molecular flexibility index (Phi) is 5.63. The topological polar surface area (TPSA) is 9.23 Å². The number of hydrogen-bond donors (Lipinski definition) is 0. The maximum Gasteiger partial charge on any atom is 0.139 e. The van der Waals surface area contributed by atoms with Gasteiger partial charge >= 0.3 is 0 Å². The van der Waals surface area contributed by atoms with Crippen molar-refractivity contribution in [3.8, 4) is 33.8 Å². The van der Waals surface area contributed by atoms with E-state index in [-0.39, 0.29) is 16.7 Å². The number of fused-ring (bicyclic) bond motifs is 14. The van der Waals surface area contributed by atoms with Crippen molar-refractivity contribution < 1.29 is 4.74 Å². The normalized spacial score (nSPS) is 23.1. The van der Waals surface area contributed by atoms with E-state index in [1.165, 1.54) is 66.4 Å². The fourth-order valence-corrected chi connectivity index (χ4v) is 10.3. The van der Waals surface area contributed by atoms with Crippen molar-refractivity contribution in [3.05, 3.63) is 215 Å². The van der Waals surface area contributed by atoms with Crippen molar-refractivity contribution in [2.24, 2.45) is 5.92 Å². The van der Waals surface area contributed by atoms with Crippen LogP contribution in [0.4, 0.5) is 0 Å². The Balaban J connectivity index is 1.21. The maximum absolute atomic E-state index is 7.01. The molecule has 7 aromatic carbocycles. The summed E-state index contributed by atoms with van der Waals surface area (Å²) in [4.78, 5) is 0. The minimum absolute atomic E-state index is 0.264. The Morgan fingerprint density at radius 1 is 0.500 bits per heavy atom. The highest BCUT2D eigenvalue weighted by atomic mass is 16.5. The van der Waals surface area contributed by atoms with Gasteiger partial charge < -0.3 is 4.74 Å². The van der Waals surface area contributed by atoms with E-state index in [1.54, 1.807) is 0 Å². The van der Waals surface area contributed by atoms with Crippen LogP contribution in [0.25, 0.3) is 33.0 Å². The van der Waals surface area contributed by atoms with Crippen molar-refractivity contribution in [2.45, 2.75) is 23.7 Å². The number of hydrogen-bond acceptors (Lipinski definition) is 1. The molecule has 236 valence electrons. The third-order valence-corrected chi connectivity index (χ3v) is 12.3. The van der Waals surface area contributed by atoms with Crippen LogP contribution in [-0.2, 0) is 10.8 Å². The van der Waals surface area contributed by atoms with Crippen LogP contribution in [0, 0.1) is 5.92 Å². The molecule has 0 saturated carbocycles. The highest BCUT2D eigenvalue weighted by Crippen LogP contribution is 2.67. The molecule has 0 amide bonds. The fourth-order valence-electron chi connectivity index (χ4n) is 10.3. The lowest BCUT2D eigenvalue weighted by Gasteiger charge is -2.39. The molecule has 0 N–H and O–H groups in total. The van der Waals surface area contributed by atoms with Gasteiger partial charge in [-0.25, -0.2) is 0 Å². The van der Waals surface area contributed by atoms with Crippen molar-refractivity contribution in [1.82, 2.24) is 0 Å². The molecule has 1 heterocycles. The summed E-state index contributed by atoms with van der Waals surface area (Å²) < 4.78 is 7.01. The molecule has 3 aliphatic carbocycles. The number of benzene rings is 7. The largest absolute Gasteiger partial charge is 0.456 e. The Hall–Kier alpha value is -5.92. The number of para-hydroxylation sites is 2. The molecule has 0 fully saturated rings. The molecule has 0 saturated heterocycles. The van der Waals surface area contributed by atoms with E-state index in [0.29, 0.717) is 5.92 Å². The number of rotatable bonds is 2. The second-order valence-electron chi connectivity index (χ2n) is 14.4. The maximum atomic E-state index is 7.01. The lowest BCUT2D eigenvalue weighted by molar-refractivity contribution is 0.429. The lowest BCUT2D eigenvalue weighted by atomic mass is 9.65. The van der Waals surface area contributed by atoms with Gasteiger partial charge in [0.2, 0.25) is 0 Å². The Morgan fingerprint density at radius 3 is 2.08 bits per heavy atom. The third-order valence-electron chi connectivity index (χ3n) is 12.3. The van der Waals surface area contributed by atoms with E-state index in [4.69, 9.17) is 4.74 Å². The van der Waals surface area contributed by atoms with Gasteiger partial charge in [-0.1, -0.05) is 170 Å². The van der Waals surface area contributed by atoms with Crippen molar-refractivity contribution in [3.63, 3.8) is 0 Å². The third kappa shape index (κ3) is 3.37. The minimum atomic E-state index is -0.379.